The van der Waals surface area contributed by atoms with Crippen molar-refractivity contribution in [2.24, 2.45) is 0 Å². The summed E-state index contributed by atoms with van der Waals surface area (Å²) in [6, 6.07) is 9.08. The van der Waals surface area contributed by atoms with Gasteiger partial charge in [0.25, 0.3) is 0 Å². The first-order valence-electron chi connectivity index (χ1n) is 8.16. The Morgan fingerprint density at radius 3 is 2.52 bits per heavy atom. The SMILES string of the molecule is Cc1nn(-c2ccc(F)cc2)c2c1C(c1ccc(F)cc1F)SCC(=O)N2. The first-order chi connectivity index (χ1) is 12.9. The van der Waals surface area contributed by atoms with Gasteiger partial charge in [-0.1, -0.05) is 6.07 Å². The van der Waals surface area contributed by atoms with Gasteiger partial charge >= 0.3 is 0 Å². The third-order valence-corrected chi connectivity index (χ3v) is 5.58. The Labute approximate surface area is 157 Å². The third kappa shape index (κ3) is 3.21. The van der Waals surface area contributed by atoms with Crippen LogP contribution >= 0.6 is 11.8 Å². The molecule has 2 heterocycles. The fourth-order valence-corrected chi connectivity index (χ4v) is 4.32. The number of carbonyl (C=O) groups excluding carboxylic acids is 1. The van der Waals surface area contributed by atoms with Crippen LogP contribution in [0.2, 0.25) is 0 Å². The maximum Gasteiger partial charge on any atom is 0.235 e. The van der Waals surface area contributed by atoms with E-state index < -0.39 is 16.9 Å². The number of nitrogens with one attached hydrogen (secondary N) is 1. The Hall–Kier alpha value is -2.74. The molecule has 8 heteroatoms. The lowest BCUT2D eigenvalue weighted by Gasteiger charge is -2.16. The summed E-state index contributed by atoms with van der Waals surface area (Å²) in [5.41, 5.74) is 2.07. The van der Waals surface area contributed by atoms with Crippen LogP contribution in [0.3, 0.4) is 0 Å². The summed E-state index contributed by atoms with van der Waals surface area (Å²) in [6.45, 7) is 1.76. The van der Waals surface area contributed by atoms with Gasteiger partial charge in [-0.2, -0.15) is 5.10 Å². The zero-order chi connectivity index (χ0) is 19.1. The number of carbonyl (C=O) groups is 1. The molecule has 1 aliphatic rings. The summed E-state index contributed by atoms with van der Waals surface area (Å²) < 4.78 is 42.5. The lowest BCUT2D eigenvalue weighted by molar-refractivity contribution is -0.113. The molecule has 1 aromatic heterocycles. The van der Waals surface area contributed by atoms with E-state index in [2.05, 4.69) is 10.4 Å². The number of rotatable bonds is 2. The van der Waals surface area contributed by atoms with Crippen molar-refractivity contribution >= 4 is 23.5 Å². The second-order valence-corrected chi connectivity index (χ2v) is 7.23. The number of amides is 1. The van der Waals surface area contributed by atoms with Gasteiger partial charge in [0.05, 0.1) is 22.4 Å². The zero-order valence-electron chi connectivity index (χ0n) is 14.2. The summed E-state index contributed by atoms with van der Waals surface area (Å²) in [5.74, 6) is -1.47. The number of nitrogens with zero attached hydrogens (tertiary/aromatic N) is 2. The van der Waals surface area contributed by atoms with Gasteiger partial charge in [0.1, 0.15) is 23.3 Å². The highest BCUT2D eigenvalue weighted by atomic mass is 32.2. The van der Waals surface area contributed by atoms with Gasteiger partial charge in [-0.3, -0.25) is 4.79 Å². The van der Waals surface area contributed by atoms with Crippen molar-refractivity contribution in [1.29, 1.82) is 0 Å². The van der Waals surface area contributed by atoms with E-state index in [0.29, 0.717) is 22.8 Å². The van der Waals surface area contributed by atoms with Gasteiger partial charge in [-0.05, 0) is 37.3 Å². The smallest absolute Gasteiger partial charge is 0.235 e. The largest absolute Gasteiger partial charge is 0.310 e. The normalized spacial score (nSPS) is 16.6. The van der Waals surface area contributed by atoms with E-state index in [1.807, 2.05) is 0 Å². The van der Waals surface area contributed by atoms with E-state index in [9.17, 15) is 18.0 Å². The molecule has 0 saturated carbocycles. The molecule has 1 atom stereocenters. The summed E-state index contributed by atoms with van der Waals surface area (Å²) in [5, 5.41) is 6.73. The Bertz CT molecular complexity index is 1030. The van der Waals surface area contributed by atoms with Crippen LogP contribution in [0, 0.1) is 24.4 Å². The summed E-state index contributed by atoms with van der Waals surface area (Å²) >= 11 is 1.25. The van der Waals surface area contributed by atoms with Crippen LogP contribution in [0.4, 0.5) is 19.0 Å². The summed E-state index contributed by atoms with van der Waals surface area (Å²) in [6.07, 6.45) is 0. The Kier molecular flexibility index (Phi) is 4.43. The van der Waals surface area contributed by atoms with Crippen LogP contribution < -0.4 is 5.32 Å². The molecule has 138 valence electrons. The molecule has 0 bridgehead atoms. The minimum absolute atomic E-state index is 0.110. The first kappa shape index (κ1) is 17.7. The molecule has 2 aromatic carbocycles. The van der Waals surface area contributed by atoms with Crippen LogP contribution in [0.5, 0.6) is 0 Å². The predicted octanol–water partition coefficient (Wildman–Crippen LogP) is 4.37. The van der Waals surface area contributed by atoms with E-state index in [4.69, 9.17) is 0 Å². The fraction of sp³-hybridized carbons (Fsp3) is 0.158. The minimum atomic E-state index is -0.679. The molecular formula is C19H14F3N3OS. The third-order valence-electron chi connectivity index (χ3n) is 4.32. The van der Waals surface area contributed by atoms with Crippen molar-refractivity contribution in [3.63, 3.8) is 0 Å². The molecule has 1 amide bonds. The minimum Gasteiger partial charge on any atom is -0.310 e. The van der Waals surface area contributed by atoms with Crippen molar-refractivity contribution < 1.29 is 18.0 Å². The Balaban J connectivity index is 1.90. The van der Waals surface area contributed by atoms with Crippen LogP contribution in [-0.2, 0) is 4.79 Å². The highest BCUT2D eigenvalue weighted by Crippen LogP contribution is 2.44. The van der Waals surface area contributed by atoms with E-state index in [-0.39, 0.29) is 23.0 Å². The van der Waals surface area contributed by atoms with Gasteiger partial charge < -0.3 is 5.32 Å². The van der Waals surface area contributed by atoms with E-state index in [1.165, 1.54) is 40.7 Å². The van der Waals surface area contributed by atoms with Gasteiger partial charge in [-0.25, -0.2) is 17.9 Å². The maximum absolute atomic E-state index is 14.4. The predicted molar refractivity (Wildman–Crippen MR) is 97.5 cm³/mol. The molecule has 0 radical (unpaired) electrons. The lowest BCUT2D eigenvalue weighted by Crippen LogP contribution is -2.15. The molecule has 0 aliphatic carbocycles. The molecule has 1 aliphatic heterocycles. The monoisotopic (exact) mass is 389 g/mol. The molecule has 3 aromatic rings. The molecule has 27 heavy (non-hydrogen) atoms. The molecule has 4 nitrogen and oxygen atoms in total. The number of hydrogen-bond acceptors (Lipinski definition) is 3. The van der Waals surface area contributed by atoms with Crippen LogP contribution in [-0.4, -0.2) is 21.4 Å². The lowest BCUT2D eigenvalue weighted by atomic mass is 10.0. The molecular weight excluding hydrogens is 375 g/mol. The van der Waals surface area contributed by atoms with Crippen molar-refractivity contribution in [2.75, 3.05) is 11.1 Å². The number of fused-ring (bicyclic) bond motifs is 1. The van der Waals surface area contributed by atoms with Gasteiger partial charge in [0.15, 0.2) is 0 Å². The number of hydrogen-bond donors (Lipinski definition) is 1. The van der Waals surface area contributed by atoms with Crippen molar-refractivity contribution in [3.05, 3.63) is 76.7 Å². The highest BCUT2D eigenvalue weighted by molar-refractivity contribution is 8.00. The number of aromatic nitrogens is 2. The van der Waals surface area contributed by atoms with E-state index >= 15 is 0 Å². The summed E-state index contributed by atoms with van der Waals surface area (Å²) in [7, 11) is 0. The van der Waals surface area contributed by atoms with Gasteiger partial charge in [0, 0.05) is 17.2 Å². The van der Waals surface area contributed by atoms with Crippen LogP contribution in [0.15, 0.2) is 42.5 Å². The Morgan fingerprint density at radius 1 is 1.11 bits per heavy atom. The van der Waals surface area contributed by atoms with Crippen molar-refractivity contribution in [1.82, 2.24) is 9.78 Å². The maximum atomic E-state index is 14.4. The van der Waals surface area contributed by atoms with Gasteiger partial charge in [0.2, 0.25) is 5.91 Å². The van der Waals surface area contributed by atoms with Crippen LogP contribution in [0.1, 0.15) is 22.1 Å². The Morgan fingerprint density at radius 2 is 1.81 bits per heavy atom. The highest BCUT2D eigenvalue weighted by Gasteiger charge is 2.32. The second kappa shape index (κ2) is 6.77. The topological polar surface area (TPSA) is 46.9 Å². The molecule has 1 N–H and O–H groups in total. The molecule has 0 spiro atoms. The summed E-state index contributed by atoms with van der Waals surface area (Å²) in [4.78, 5) is 12.2. The van der Waals surface area contributed by atoms with E-state index in [0.717, 1.165) is 6.07 Å². The second-order valence-electron chi connectivity index (χ2n) is 6.14. The van der Waals surface area contributed by atoms with Crippen molar-refractivity contribution in [3.8, 4) is 5.69 Å². The average Bonchev–Trinajstić information content (AvgIpc) is 2.83. The quantitative estimate of drug-likeness (QED) is 0.708. The fourth-order valence-electron chi connectivity index (χ4n) is 3.11. The standard InChI is InChI=1S/C19H14F3N3OS/c1-10-17-18(14-7-4-12(21)8-15(14)22)27-9-16(26)23-19(17)25(24-10)13-5-2-11(20)3-6-13/h2-8,18H,9H2,1H3,(H,23,26). The number of benzene rings is 2. The molecule has 1 unspecified atom stereocenters. The number of anilines is 1. The zero-order valence-corrected chi connectivity index (χ0v) is 15.0. The molecule has 0 saturated heterocycles. The average molecular weight is 389 g/mol. The molecule has 4 rings (SSSR count). The molecule has 0 fully saturated rings. The van der Waals surface area contributed by atoms with Gasteiger partial charge in [-0.15, -0.1) is 11.8 Å². The van der Waals surface area contributed by atoms with Crippen molar-refractivity contribution in [2.45, 2.75) is 12.2 Å². The number of halogens is 3. The van der Waals surface area contributed by atoms with E-state index in [1.54, 1.807) is 19.1 Å². The number of aryl methyl sites for hydroxylation is 1. The first-order valence-corrected chi connectivity index (χ1v) is 9.21. The van der Waals surface area contributed by atoms with Crippen LogP contribution in [0.25, 0.3) is 5.69 Å². The number of thioether (sulfide) groups is 1.